The molecule has 0 rings (SSSR count). The lowest BCUT2D eigenvalue weighted by Crippen LogP contribution is -2.41. The van der Waals surface area contributed by atoms with Crippen molar-refractivity contribution in [3.8, 4) is 0 Å². The molecule has 0 bridgehead atoms. The molecule has 0 aliphatic rings. The Bertz CT molecular complexity index is 251. The maximum absolute atomic E-state index is 12.0. The van der Waals surface area contributed by atoms with E-state index in [0.717, 1.165) is 0 Å². The fourth-order valence-corrected chi connectivity index (χ4v) is 2.14. The van der Waals surface area contributed by atoms with E-state index in [4.69, 9.17) is 5.11 Å². The highest BCUT2D eigenvalue weighted by molar-refractivity contribution is 5.79. The molecule has 16 heavy (non-hydrogen) atoms. The number of carbonyl (C=O) groups is 1. The molecule has 0 aromatic carbocycles. The maximum Gasteiger partial charge on any atom is 0.223 e. The normalized spacial score (nSPS) is 13.6. The average molecular weight is 227 g/mol. The van der Waals surface area contributed by atoms with Crippen LogP contribution in [0.3, 0.4) is 0 Å². The zero-order valence-corrected chi connectivity index (χ0v) is 11.1. The third-order valence-corrected chi connectivity index (χ3v) is 2.59. The molecule has 0 aliphatic carbocycles. The van der Waals surface area contributed by atoms with Gasteiger partial charge in [0.2, 0.25) is 5.91 Å². The molecular weight excluding hydrogens is 202 g/mol. The van der Waals surface area contributed by atoms with Crippen molar-refractivity contribution in [2.24, 2.45) is 17.3 Å². The summed E-state index contributed by atoms with van der Waals surface area (Å²) in [7, 11) is 0. The Morgan fingerprint density at radius 1 is 1.38 bits per heavy atom. The molecule has 3 heteroatoms. The molecule has 1 amide bonds. The number of aliphatic hydroxyl groups excluding tert-OH is 1. The summed E-state index contributed by atoms with van der Waals surface area (Å²) < 4.78 is 0. The van der Waals surface area contributed by atoms with Crippen molar-refractivity contribution >= 4 is 5.91 Å². The van der Waals surface area contributed by atoms with Crippen molar-refractivity contribution in [3.05, 3.63) is 12.3 Å². The van der Waals surface area contributed by atoms with E-state index in [1.54, 1.807) is 0 Å². The highest BCUT2D eigenvalue weighted by atomic mass is 16.3. The molecule has 94 valence electrons. The largest absolute Gasteiger partial charge is 0.513 e. The number of aliphatic hydroxyl groups is 1. The summed E-state index contributed by atoms with van der Waals surface area (Å²) in [5.41, 5.74) is -0.0471. The zero-order chi connectivity index (χ0) is 12.9. The highest BCUT2D eigenvalue weighted by Crippen LogP contribution is 2.32. The van der Waals surface area contributed by atoms with Crippen LogP contribution in [-0.4, -0.2) is 17.6 Å². The van der Waals surface area contributed by atoms with Crippen LogP contribution >= 0.6 is 0 Å². The van der Waals surface area contributed by atoms with Gasteiger partial charge in [0, 0.05) is 18.9 Å². The monoisotopic (exact) mass is 227 g/mol. The van der Waals surface area contributed by atoms with Gasteiger partial charge in [-0.1, -0.05) is 41.2 Å². The van der Waals surface area contributed by atoms with E-state index in [0.29, 0.717) is 18.9 Å². The van der Waals surface area contributed by atoms with Crippen molar-refractivity contribution in [3.63, 3.8) is 0 Å². The molecule has 0 spiro atoms. The molecule has 0 heterocycles. The standard InChI is InChI=1S/C13H25NO2/c1-9(2)11(13(4,5)6)12(16)14-8-7-10(3)15/h9,11,15H,3,7-8H2,1-2,4-6H3,(H,14,16). The number of rotatable bonds is 5. The van der Waals surface area contributed by atoms with Crippen molar-refractivity contribution in [2.45, 2.75) is 41.0 Å². The number of amides is 1. The topological polar surface area (TPSA) is 49.3 Å². The van der Waals surface area contributed by atoms with Gasteiger partial charge in [-0.2, -0.15) is 0 Å². The van der Waals surface area contributed by atoms with Gasteiger partial charge in [0.1, 0.15) is 0 Å². The second-order valence-corrected chi connectivity index (χ2v) is 5.69. The second kappa shape index (κ2) is 5.92. The molecular formula is C13H25NO2. The van der Waals surface area contributed by atoms with E-state index < -0.39 is 0 Å². The van der Waals surface area contributed by atoms with Crippen LogP contribution in [0.25, 0.3) is 0 Å². The van der Waals surface area contributed by atoms with Crippen molar-refractivity contribution < 1.29 is 9.90 Å². The molecule has 0 fully saturated rings. The average Bonchev–Trinajstić information content (AvgIpc) is 1.98. The van der Waals surface area contributed by atoms with Gasteiger partial charge in [0.15, 0.2) is 0 Å². The smallest absolute Gasteiger partial charge is 0.223 e. The van der Waals surface area contributed by atoms with E-state index >= 15 is 0 Å². The molecule has 0 saturated heterocycles. The summed E-state index contributed by atoms with van der Waals surface area (Å²) >= 11 is 0. The lowest BCUT2D eigenvalue weighted by Gasteiger charge is -2.32. The van der Waals surface area contributed by atoms with Crippen LogP contribution in [-0.2, 0) is 4.79 Å². The van der Waals surface area contributed by atoms with E-state index in [2.05, 4.69) is 46.5 Å². The van der Waals surface area contributed by atoms with Crippen LogP contribution < -0.4 is 5.32 Å². The second-order valence-electron chi connectivity index (χ2n) is 5.69. The van der Waals surface area contributed by atoms with Gasteiger partial charge >= 0.3 is 0 Å². The summed E-state index contributed by atoms with van der Waals surface area (Å²) in [6.07, 6.45) is 0.417. The molecule has 0 aromatic rings. The molecule has 0 saturated carbocycles. The van der Waals surface area contributed by atoms with Crippen molar-refractivity contribution in [1.82, 2.24) is 5.32 Å². The summed E-state index contributed by atoms with van der Waals surface area (Å²) in [6.45, 7) is 14.2. The van der Waals surface area contributed by atoms with Crippen LogP contribution in [0.1, 0.15) is 41.0 Å². The third-order valence-electron chi connectivity index (χ3n) is 2.59. The number of nitrogens with one attached hydrogen (secondary N) is 1. The van der Waals surface area contributed by atoms with Gasteiger partial charge in [-0.05, 0) is 11.3 Å². The van der Waals surface area contributed by atoms with E-state index in [1.165, 1.54) is 0 Å². The molecule has 1 atom stereocenters. The molecule has 0 aromatic heterocycles. The minimum absolute atomic E-state index is 0.0144. The number of hydrogen-bond donors (Lipinski definition) is 2. The first-order chi connectivity index (χ1) is 7.16. The van der Waals surface area contributed by atoms with E-state index in [1.807, 2.05) is 0 Å². The van der Waals surface area contributed by atoms with Gasteiger partial charge in [0.25, 0.3) is 0 Å². The highest BCUT2D eigenvalue weighted by Gasteiger charge is 2.33. The quantitative estimate of drug-likeness (QED) is 0.709. The minimum Gasteiger partial charge on any atom is -0.513 e. The van der Waals surface area contributed by atoms with Crippen LogP contribution in [0.4, 0.5) is 0 Å². The van der Waals surface area contributed by atoms with Crippen molar-refractivity contribution in [1.29, 1.82) is 0 Å². The Hall–Kier alpha value is -0.990. The lowest BCUT2D eigenvalue weighted by molar-refractivity contribution is -0.130. The first-order valence-corrected chi connectivity index (χ1v) is 5.80. The fourth-order valence-electron chi connectivity index (χ4n) is 2.14. The minimum atomic E-state index is -0.0471. The van der Waals surface area contributed by atoms with Gasteiger partial charge in [-0.25, -0.2) is 0 Å². The van der Waals surface area contributed by atoms with Gasteiger partial charge < -0.3 is 10.4 Å². The van der Waals surface area contributed by atoms with Crippen LogP contribution in [0.15, 0.2) is 12.3 Å². The Kier molecular flexibility index (Phi) is 5.56. The van der Waals surface area contributed by atoms with Crippen LogP contribution in [0.2, 0.25) is 0 Å². The predicted octanol–water partition coefficient (Wildman–Crippen LogP) is 2.88. The Labute approximate surface area is 98.9 Å². The summed E-state index contributed by atoms with van der Waals surface area (Å²) in [6, 6.07) is 0. The summed E-state index contributed by atoms with van der Waals surface area (Å²) in [5.74, 6) is 0.456. The lowest BCUT2D eigenvalue weighted by atomic mass is 9.74. The Morgan fingerprint density at radius 3 is 2.19 bits per heavy atom. The SMILES string of the molecule is C=C(O)CCNC(=O)C(C(C)C)C(C)(C)C. The molecule has 2 N–H and O–H groups in total. The molecule has 0 radical (unpaired) electrons. The van der Waals surface area contributed by atoms with Crippen LogP contribution in [0, 0.1) is 17.3 Å². The molecule has 3 nitrogen and oxygen atoms in total. The number of hydrogen-bond acceptors (Lipinski definition) is 2. The van der Waals surface area contributed by atoms with E-state index in [-0.39, 0.29) is 23.0 Å². The van der Waals surface area contributed by atoms with Gasteiger partial charge in [0.05, 0.1) is 5.76 Å². The van der Waals surface area contributed by atoms with Crippen LogP contribution in [0.5, 0.6) is 0 Å². The van der Waals surface area contributed by atoms with Gasteiger partial charge in [-0.15, -0.1) is 0 Å². The fraction of sp³-hybridized carbons (Fsp3) is 0.769. The number of carbonyl (C=O) groups excluding carboxylic acids is 1. The summed E-state index contributed by atoms with van der Waals surface area (Å²) in [4.78, 5) is 12.0. The predicted molar refractivity (Wildman–Crippen MR) is 67.2 cm³/mol. The zero-order valence-electron chi connectivity index (χ0n) is 11.1. The Morgan fingerprint density at radius 2 is 1.88 bits per heavy atom. The molecule has 1 unspecified atom stereocenters. The maximum atomic E-state index is 12.0. The Balaban J connectivity index is 4.36. The summed E-state index contributed by atoms with van der Waals surface area (Å²) in [5, 5.41) is 11.8. The first-order valence-electron chi connectivity index (χ1n) is 5.80. The van der Waals surface area contributed by atoms with Crippen molar-refractivity contribution in [2.75, 3.05) is 6.54 Å². The van der Waals surface area contributed by atoms with E-state index in [9.17, 15) is 4.79 Å². The first kappa shape index (κ1) is 15.0. The van der Waals surface area contributed by atoms with Gasteiger partial charge in [-0.3, -0.25) is 4.79 Å². The molecule has 0 aliphatic heterocycles. The third kappa shape index (κ3) is 5.19.